The lowest BCUT2D eigenvalue weighted by Gasteiger charge is -2.06. The van der Waals surface area contributed by atoms with Crippen LogP contribution < -0.4 is 5.32 Å². The Morgan fingerprint density at radius 2 is 1.94 bits per heavy atom. The summed E-state index contributed by atoms with van der Waals surface area (Å²) in [7, 11) is 0. The van der Waals surface area contributed by atoms with E-state index in [2.05, 4.69) is 32.7 Å². The summed E-state index contributed by atoms with van der Waals surface area (Å²) in [5.74, 6) is 0. The molecule has 1 aromatic heterocycles. The fourth-order valence-corrected chi connectivity index (χ4v) is 2.79. The molecule has 0 spiro atoms. The highest BCUT2D eigenvalue weighted by molar-refractivity contribution is 9.10. The van der Waals surface area contributed by atoms with Gasteiger partial charge in [0.2, 0.25) is 0 Å². The van der Waals surface area contributed by atoms with Gasteiger partial charge in [0.25, 0.3) is 0 Å². The van der Waals surface area contributed by atoms with E-state index < -0.39 is 0 Å². The Labute approximate surface area is 107 Å². The Hall–Kier alpha value is -0.840. The van der Waals surface area contributed by atoms with Crippen LogP contribution in [0.15, 0.2) is 40.2 Å². The van der Waals surface area contributed by atoms with Crippen LogP contribution in [-0.2, 0) is 13.2 Å². The molecule has 0 saturated heterocycles. The molecule has 16 heavy (non-hydrogen) atoms. The van der Waals surface area contributed by atoms with Crippen LogP contribution in [0.25, 0.3) is 0 Å². The summed E-state index contributed by atoms with van der Waals surface area (Å²) >= 11 is 5.23. The molecule has 1 aromatic carbocycles. The monoisotopic (exact) mass is 297 g/mol. The Balaban J connectivity index is 1.97. The molecule has 2 nitrogen and oxygen atoms in total. The van der Waals surface area contributed by atoms with Crippen molar-refractivity contribution in [3.63, 3.8) is 0 Å². The van der Waals surface area contributed by atoms with Crippen molar-refractivity contribution in [1.29, 1.82) is 0 Å². The van der Waals surface area contributed by atoms with Gasteiger partial charge in [0.05, 0.1) is 13.2 Å². The quantitative estimate of drug-likeness (QED) is 0.903. The molecule has 0 aliphatic heterocycles. The van der Waals surface area contributed by atoms with Crippen molar-refractivity contribution in [3.05, 3.63) is 50.6 Å². The van der Waals surface area contributed by atoms with Gasteiger partial charge < -0.3 is 10.4 Å². The second kappa shape index (κ2) is 5.48. The number of thiophene rings is 1. The minimum absolute atomic E-state index is 0.0940. The Morgan fingerprint density at radius 3 is 2.50 bits per heavy atom. The number of halogens is 1. The molecule has 0 aliphatic carbocycles. The van der Waals surface area contributed by atoms with E-state index in [1.165, 1.54) is 4.88 Å². The maximum Gasteiger partial charge on any atom is 0.0681 e. The molecule has 0 saturated carbocycles. The van der Waals surface area contributed by atoms with Crippen LogP contribution >= 0.6 is 27.3 Å². The molecule has 0 aliphatic rings. The zero-order valence-corrected chi connectivity index (χ0v) is 11.0. The third-order valence-electron chi connectivity index (χ3n) is 2.28. The van der Waals surface area contributed by atoms with Crippen LogP contribution in [0.5, 0.6) is 0 Å². The summed E-state index contributed by atoms with van der Waals surface area (Å²) in [6, 6.07) is 9.86. The SMILES string of the molecule is OCc1ccc(NCc2sccc2Br)cc1. The van der Waals surface area contributed by atoms with Gasteiger partial charge in [-0.25, -0.2) is 0 Å². The first-order chi connectivity index (χ1) is 7.79. The largest absolute Gasteiger partial charge is 0.392 e. The average molecular weight is 298 g/mol. The molecule has 2 rings (SSSR count). The van der Waals surface area contributed by atoms with Gasteiger partial charge in [-0.15, -0.1) is 11.3 Å². The molecule has 0 radical (unpaired) electrons. The molecular weight excluding hydrogens is 286 g/mol. The van der Waals surface area contributed by atoms with Gasteiger partial charge in [-0.3, -0.25) is 0 Å². The highest BCUT2D eigenvalue weighted by Crippen LogP contribution is 2.23. The molecule has 2 N–H and O–H groups in total. The predicted octanol–water partition coefficient (Wildman–Crippen LogP) is 3.62. The second-order valence-corrected chi connectivity index (χ2v) is 5.26. The number of rotatable bonds is 4. The Bertz CT molecular complexity index is 452. The topological polar surface area (TPSA) is 32.3 Å². The van der Waals surface area contributed by atoms with Crippen molar-refractivity contribution in [2.24, 2.45) is 0 Å². The lowest BCUT2D eigenvalue weighted by Crippen LogP contribution is -1.97. The van der Waals surface area contributed by atoms with E-state index in [1.54, 1.807) is 11.3 Å². The van der Waals surface area contributed by atoms with Gasteiger partial charge in [0, 0.05) is 15.0 Å². The van der Waals surface area contributed by atoms with Crippen LogP contribution in [0, 0.1) is 0 Å². The molecule has 0 fully saturated rings. The number of benzene rings is 1. The zero-order valence-electron chi connectivity index (χ0n) is 8.61. The molecule has 0 amide bonds. The molecule has 2 aromatic rings. The highest BCUT2D eigenvalue weighted by atomic mass is 79.9. The lowest BCUT2D eigenvalue weighted by atomic mass is 10.2. The van der Waals surface area contributed by atoms with Gasteiger partial charge in [-0.2, -0.15) is 0 Å². The molecule has 1 heterocycles. The van der Waals surface area contributed by atoms with Crippen molar-refractivity contribution in [1.82, 2.24) is 0 Å². The predicted molar refractivity (Wildman–Crippen MR) is 71.7 cm³/mol. The molecule has 4 heteroatoms. The summed E-state index contributed by atoms with van der Waals surface area (Å²) in [6.07, 6.45) is 0. The van der Waals surface area contributed by atoms with Gasteiger partial charge >= 0.3 is 0 Å². The van der Waals surface area contributed by atoms with Crippen molar-refractivity contribution in [2.45, 2.75) is 13.2 Å². The van der Waals surface area contributed by atoms with E-state index in [-0.39, 0.29) is 6.61 Å². The fourth-order valence-electron chi connectivity index (χ4n) is 1.36. The summed E-state index contributed by atoms with van der Waals surface area (Å²) in [5.41, 5.74) is 2.00. The van der Waals surface area contributed by atoms with Crippen molar-refractivity contribution in [2.75, 3.05) is 5.32 Å². The van der Waals surface area contributed by atoms with Crippen LogP contribution in [0.3, 0.4) is 0 Å². The first kappa shape index (κ1) is 11.6. The van der Waals surface area contributed by atoms with Gasteiger partial charge in [0.15, 0.2) is 0 Å². The molecule has 84 valence electrons. The van der Waals surface area contributed by atoms with Crippen LogP contribution in [0.4, 0.5) is 5.69 Å². The van der Waals surface area contributed by atoms with E-state index in [1.807, 2.05) is 24.3 Å². The summed E-state index contributed by atoms with van der Waals surface area (Å²) in [4.78, 5) is 1.28. The minimum Gasteiger partial charge on any atom is -0.392 e. The second-order valence-electron chi connectivity index (χ2n) is 3.40. The maximum absolute atomic E-state index is 8.92. The number of aliphatic hydroxyl groups excluding tert-OH is 1. The zero-order chi connectivity index (χ0) is 11.4. The Morgan fingerprint density at radius 1 is 1.19 bits per heavy atom. The molecule has 0 bridgehead atoms. The Kier molecular flexibility index (Phi) is 3.98. The lowest BCUT2D eigenvalue weighted by molar-refractivity contribution is 0.282. The van der Waals surface area contributed by atoms with Crippen molar-refractivity contribution >= 4 is 33.0 Å². The normalized spacial score (nSPS) is 10.4. The number of aliphatic hydroxyl groups is 1. The first-order valence-electron chi connectivity index (χ1n) is 4.95. The number of hydrogen-bond donors (Lipinski definition) is 2. The van der Waals surface area contributed by atoms with Gasteiger partial charge in [-0.05, 0) is 45.1 Å². The van der Waals surface area contributed by atoms with Crippen LogP contribution in [-0.4, -0.2) is 5.11 Å². The summed E-state index contributed by atoms with van der Waals surface area (Å²) in [5, 5.41) is 14.3. The fraction of sp³-hybridized carbons (Fsp3) is 0.167. The van der Waals surface area contributed by atoms with E-state index in [0.717, 1.165) is 22.3 Å². The highest BCUT2D eigenvalue weighted by Gasteiger charge is 2.00. The summed E-state index contributed by atoms with van der Waals surface area (Å²) < 4.78 is 1.15. The third kappa shape index (κ3) is 2.84. The molecular formula is C12H12BrNOS. The van der Waals surface area contributed by atoms with Crippen molar-refractivity contribution < 1.29 is 5.11 Å². The van der Waals surface area contributed by atoms with Crippen molar-refractivity contribution in [3.8, 4) is 0 Å². The third-order valence-corrected chi connectivity index (χ3v) is 4.21. The number of anilines is 1. The van der Waals surface area contributed by atoms with Gasteiger partial charge in [0.1, 0.15) is 0 Å². The molecule has 0 unspecified atom stereocenters. The van der Waals surface area contributed by atoms with Crippen LogP contribution in [0.1, 0.15) is 10.4 Å². The standard InChI is InChI=1S/C12H12BrNOS/c13-11-5-6-16-12(11)7-14-10-3-1-9(8-15)2-4-10/h1-6,14-15H,7-8H2. The van der Waals surface area contributed by atoms with E-state index >= 15 is 0 Å². The van der Waals surface area contributed by atoms with Gasteiger partial charge in [-0.1, -0.05) is 12.1 Å². The molecule has 0 atom stereocenters. The maximum atomic E-state index is 8.92. The van der Waals surface area contributed by atoms with E-state index in [4.69, 9.17) is 5.11 Å². The summed E-state index contributed by atoms with van der Waals surface area (Å²) in [6.45, 7) is 0.910. The number of hydrogen-bond acceptors (Lipinski definition) is 3. The smallest absolute Gasteiger partial charge is 0.0681 e. The number of nitrogens with one attached hydrogen (secondary N) is 1. The minimum atomic E-state index is 0.0940. The van der Waals surface area contributed by atoms with E-state index in [0.29, 0.717) is 0 Å². The van der Waals surface area contributed by atoms with E-state index in [9.17, 15) is 0 Å². The first-order valence-corrected chi connectivity index (χ1v) is 6.62. The van der Waals surface area contributed by atoms with Crippen LogP contribution in [0.2, 0.25) is 0 Å². The average Bonchev–Trinajstić information content (AvgIpc) is 2.73.